The predicted molar refractivity (Wildman–Crippen MR) is 137 cm³/mol. The van der Waals surface area contributed by atoms with Gasteiger partial charge >= 0.3 is 0 Å². The maximum Gasteiger partial charge on any atom is 0.194 e. The van der Waals surface area contributed by atoms with E-state index in [9.17, 15) is 13.2 Å². The van der Waals surface area contributed by atoms with E-state index in [0.717, 1.165) is 22.5 Å². The highest BCUT2D eigenvalue weighted by Crippen LogP contribution is 2.34. The fraction of sp³-hybridized carbons (Fsp3) is 0.375. The summed E-state index contributed by atoms with van der Waals surface area (Å²) in [5.41, 5.74) is 4.47. The monoisotopic (exact) mass is 555 g/mol. The van der Waals surface area contributed by atoms with Crippen LogP contribution in [0.2, 0.25) is 9.36 Å². The van der Waals surface area contributed by atoms with E-state index in [0.29, 0.717) is 57.7 Å². The first-order chi connectivity index (χ1) is 16.5. The first-order valence-corrected chi connectivity index (χ1v) is 14.3. The van der Waals surface area contributed by atoms with Gasteiger partial charge in [-0.25, -0.2) is 17.5 Å². The topological polar surface area (TPSA) is 81.9 Å². The molecule has 0 atom stereocenters. The number of ketones is 1. The van der Waals surface area contributed by atoms with Crippen molar-refractivity contribution in [3.63, 3.8) is 0 Å². The summed E-state index contributed by atoms with van der Waals surface area (Å²) >= 11 is 13.0. The lowest BCUT2D eigenvalue weighted by atomic mass is 9.95. The summed E-state index contributed by atoms with van der Waals surface area (Å²) in [6.07, 6.45) is 1.32. The van der Waals surface area contributed by atoms with Crippen LogP contribution in [0.25, 0.3) is 5.57 Å². The second-order valence-electron chi connectivity index (χ2n) is 8.66. The van der Waals surface area contributed by atoms with Crippen LogP contribution in [0, 0.1) is 13.8 Å². The van der Waals surface area contributed by atoms with Gasteiger partial charge in [-0.3, -0.25) is 4.79 Å². The number of carbonyl (C=O) groups is 1. The van der Waals surface area contributed by atoms with Gasteiger partial charge in [-0.15, -0.1) is 16.4 Å². The number of allylic oxidation sites excluding steroid dienone is 2. The third-order valence-electron chi connectivity index (χ3n) is 5.99. The van der Waals surface area contributed by atoms with Crippen LogP contribution in [0.3, 0.4) is 0 Å². The number of thiophene rings is 1. The number of aromatic nitrogens is 3. The first kappa shape index (κ1) is 26.0. The minimum atomic E-state index is -3.81. The molecule has 1 aliphatic heterocycles. The van der Waals surface area contributed by atoms with E-state index in [-0.39, 0.29) is 17.1 Å². The minimum Gasteiger partial charge on any atom is -0.299 e. The molecule has 35 heavy (non-hydrogen) atoms. The summed E-state index contributed by atoms with van der Waals surface area (Å²) in [5, 5.41) is 9.15. The van der Waals surface area contributed by atoms with Gasteiger partial charge in [0.05, 0.1) is 15.7 Å². The zero-order chi connectivity index (χ0) is 25.3. The standard InChI is InChI=1S/C24H24Cl2FN3O3S2/c1-14-10-17(25)6-5-16(14)12-21-23-19(4-3-9-30(23)29-28-21)20(27)8-7-18(31)13-35(32,33)22-11-15(2)24(26)34-22/h5-6,10-11H,3-4,7-9,12-13H2,1-2H3/b20-19-. The molecular formula is C24H24Cl2FN3O3S2. The zero-order valence-electron chi connectivity index (χ0n) is 19.3. The van der Waals surface area contributed by atoms with Gasteiger partial charge in [0.2, 0.25) is 0 Å². The van der Waals surface area contributed by atoms with Crippen LogP contribution < -0.4 is 0 Å². The Bertz CT molecular complexity index is 1410. The van der Waals surface area contributed by atoms with Gasteiger partial charge < -0.3 is 0 Å². The molecule has 0 bridgehead atoms. The Hall–Kier alpha value is -2.07. The number of nitrogens with zero attached hydrogens (tertiary/aromatic N) is 3. The lowest BCUT2D eigenvalue weighted by molar-refractivity contribution is -0.116. The molecule has 0 radical (unpaired) electrons. The molecule has 1 aromatic carbocycles. The van der Waals surface area contributed by atoms with Crippen molar-refractivity contribution in [2.24, 2.45) is 0 Å². The number of carbonyl (C=O) groups excluding carboxylic acids is 1. The third kappa shape index (κ3) is 5.85. The molecule has 0 fully saturated rings. The second-order valence-corrected chi connectivity index (χ2v) is 13.0. The molecule has 0 unspecified atom stereocenters. The van der Waals surface area contributed by atoms with E-state index in [1.165, 1.54) is 6.07 Å². The van der Waals surface area contributed by atoms with Crippen molar-refractivity contribution >= 4 is 55.7 Å². The van der Waals surface area contributed by atoms with Gasteiger partial charge in [0.25, 0.3) is 0 Å². The molecule has 0 saturated carbocycles. The number of fused-ring (bicyclic) bond motifs is 1. The summed E-state index contributed by atoms with van der Waals surface area (Å²) in [7, 11) is -3.81. The number of hydrogen-bond donors (Lipinski definition) is 0. The number of rotatable bonds is 8. The fourth-order valence-electron chi connectivity index (χ4n) is 4.12. The highest BCUT2D eigenvalue weighted by molar-refractivity contribution is 7.94. The molecule has 2 aromatic heterocycles. The van der Waals surface area contributed by atoms with Gasteiger partial charge in [0.15, 0.2) is 9.84 Å². The smallest absolute Gasteiger partial charge is 0.194 e. The Morgan fingerprint density at radius 2 is 1.94 bits per heavy atom. The Morgan fingerprint density at radius 1 is 1.17 bits per heavy atom. The minimum absolute atomic E-state index is 0.0524. The number of aryl methyl sites for hydroxylation is 3. The van der Waals surface area contributed by atoms with Gasteiger partial charge in [-0.1, -0.05) is 34.5 Å². The molecule has 0 amide bonds. The Labute approximate surface area is 217 Å². The molecule has 4 rings (SSSR count). The van der Waals surface area contributed by atoms with Gasteiger partial charge in [0.1, 0.15) is 21.6 Å². The SMILES string of the molecule is Cc1cc(Cl)ccc1Cc1nnn2c1/C(=C(\F)CCC(=O)CS(=O)(=O)c1cc(C)c(Cl)s1)CCC2. The van der Waals surface area contributed by atoms with E-state index in [1.54, 1.807) is 11.6 Å². The molecule has 3 aromatic rings. The number of Topliss-reactive ketones (excluding diaryl/α,β-unsaturated/α-hetero) is 1. The van der Waals surface area contributed by atoms with Crippen LogP contribution in [0.15, 0.2) is 34.3 Å². The number of benzene rings is 1. The Morgan fingerprint density at radius 3 is 2.63 bits per heavy atom. The van der Waals surface area contributed by atoms with Crippen molar-refractivity contribution < 1.29 is 17.6 Å². The zero-order valence-corrected chi connectivity index (χ0v) is 22.4. The molecule has 3 heterocycles. The van der Waals surface area contributed by atoms with E-state index < -0.39 is 27.2 Å². The highest BCUT2D eigenvalue weighted by Gasteiger charge is 2.26. The van der Waals surface area contributed by atoms with Crippen molar-refractivity contribution in [3.05, 3.63) is 67.5 Å². The van der Waals surface area contributed by atoms with Crippen LogP contribution in [0.5, 0.6) is 0 Å². The van der Waals surface area contributed by atoms with Crippen LogP contribution in [-0.4, -0.2) is 34.9 Å². The summed E-state index contributed by atoms with van der Waals surface area (Å²) in [6.45, 7) is 4.30. The Kier molecular flexibility index (Phi) is 7.80. The number of hydrogen-bond acceptors (Lipinski definition) is 6. The average Bonchev–Trinajstić information content (AvgIpc) is 3.37. The van der Waals surface area contributed by atoms with Crippen LogP contribution in [-0.2, 0) is 27.6 Å². The van der Waals surface area contributed by atoms with Crippen molar-refractivity contribution in [2.45, 2.75) is 56.7 Å². The molecule has 0 saturated heterocycles. The average molecular weight is 557 g/mol. The third-order valence-corrected chi connectivity index (χ3v) is 10.0. The van der Waals surface area contributed by atoms with Crippen LogP contribution in [0.1, 0.15) is 53.8 Å². The van der Waals surface area contributed by atoms with E-state index in [2.05, 4.69) is 10.3 Å². The predicted octanol–water partition coefficient (Wildman–Crippen LogP) is 6.15. The van der Waals surface area contributed by atoms with Crippen molar-refractivity contribution in [3.8, 4) is 0 Å². The molecule has 11 heteroatoms. The van der Waals surface area contributed by atoms with E-state index in [1.807, 2.05) is 25.1 Å². The molecule has 0 spiro atoms. The molecular weight excluding hydrogens is 532 g/mol. The summed E-state index contributed by atoms with van der Waals surface area (Å²) in [4.78, 5) is 12.4. The van der Waals surface area contributed by atoms with Crippen molar-refractivity contribution in [1.29, 1.82) is 0 Å². The lowest BCUT2D eigenvalue weighted by Gasteiger charge is -2.18. The number of halogens is 3. The summed E-state index contributed by atoms with van der Waals surface area (Å²) < 4.78 is 42.6. The summed E-state index contributed by atoms with van der Waals surface area (Å²) in [5.74, 6) is -1.64. The van der Waals surface area contributed by atoms with Gasteiger partial charge in [-0.05, 0) is 61.6 Å². The quantitative estimate of drug-likeness (QED) is 0.332. The number of sulfone groups is 1. The van der Waals surface area contributed by atoms with Crippen molar-refractivity contribution in [2.75, 3.05) is 5.75 Å². The van der Waals surface area contributed by atoms with Gasteiger partial charge in [0, 0.05) is 36.4 Å². The largest absolute Gasteiger partial charge is 0.299 e. The maximum atomic E-state index is 15.3. The Balaban J connectivity index is 1.50. The first-order valence-electron chi connectivity index (χ1n) is 11.1. The van der Waals surface area contributed by atoms with E-state index >= 15 is 4.39 Å². The molecule has 1 aliphatic rings. The molecule has 0 aliphatic carbocycles. The lowest BCUT2D eigenvalue weighted by Crippen LogP contribution is -2.16. The second kappa shape index (κ2) is 10.5. The van der Waals surface area contributed by atoms with Crippen molar-refractivity contribution in [1.82, 2.24) is 15.0 Å². The normalized spacial score (nSPS) is 15.2. The molecule has 186 valence electrons. The molecule has 6 nitrogen and oxygen atoms in total. The summed E-state index contributed by atoms with van der Waals surface area (Å²) in [6, 6.07) is 7.06. The highest BCUT2D eigenvalue weighted by atomic mass is 35.5. The molecule has 0 N–H and O–H groups in total. The van der Waals surface area contributed by atoms with Gasteiger partial charge in [-0.2, -0.15) is 0 Å². The van der Waals surface area contributed by atoms with E-state index in [4.69, 9.17) is 23.2 Å². The fourth-order valence-corrected chi connectivity index (χ4v) is 7.42. The maximum absolute atomic E-state index is 15.3. The van der Waals surface area contributed by atoms with Crippen LogP contribution >= 0.6 is 34.5 Å². The van der Waals surface area contributed by atoms with Crippen LogP contribution in [0.4, 0.5) is 4.39 Å².